The van der Waals surface area contributed by atoms with E-state index in [2.05, 4.69) is 15.8 Å². The Morgan fingerprint density at radius 2 is 1.90 bits per heavy atom. The zero-order valence-corrected chi connectivity index (χ0v) is 16.0. The fourth-order valence-electron chi connectivity index (χ4n) is 2.68. The molecule has 8 heteroatoms. The molecule has 0 saturated heterocycles. The van der Waals surface area contributed by atoms with Crippen LogP contribution in [0.1, 0.15) is 27.3 Å². The summed E-state index contributed by atoms with van der Waals surface area (Å²) in [6.45, 7) is 0.936. The van der Waals surface area contributed by atoms with Crippen LogP contribution in [0.4, 0.5) is 5.69 Å². The number of nitrogens with two attached hydrogens (primary N) is 1. The van der Waals surface area contributed by atoms with Crippen molar-refractivity contribution < 1.29 is 18.8 Å². The van der Waals surface area contributed by atoms with Gasteiger partial charge in [-0.25, -0.2) is 0 Å². The Balaban J connectivity index is 1.74. The summed E-state index contributed by atoms with van der Waals surface area (Å²) < 4.78 is 10.4. The predicted molar refractivity (Wildman–Crippen MR) is 109 cm³/mol. The Morgan fingerprint density at radius 3 is 2.62 bits per heavy atom. The first-order valence-corrected chi connectivity index (χ1v) is 9.12. The third-order valence-electron chi connectivity index (χ3n) is 4.17. The van der Waals surface area contributed by atoms with E-state index in [0.717, 1.165) is 5.56 Å². The number of carbonyl (C=O) groups excluding carboxylic acids is 2. The van der Waals surface area contributed by atoms with Gasteiger partial charge in [0.05, 0.1) is 12.7 Å². The molecule has 0 aliphatic carbocycles. The van der Waals surface area contributed by atoms with Crippen LogP contribution in [0.15, 0.2) is 59.1 Å². The Hall–Kier alpha value is -3.65. The van der Waals surface area contributed by atoms with Gasteiger partial charge in [-0.1, -0.05) is 35.5 Å². The Morgan fingerprint density at radius 1 is 1.10 bits per heavy atom. The zero-order valence-electron chi connectivity index (χ0n) is 16.0. The van der Waals surface area contributed by atoms with Crippen LogP contribution in [0.3, 0.4) is 0 Å². The molecule has 0 fully saturated rings. The molecule has 0 unspecified atom stereocenters. The number of aromatic nitrogens is 1. The number of carbonyl (C=O) groups is 2. The van der Waals surface area contributed by atoms with Crippen molar-refractivity contribution in [1.82, 2.24) is 10.5 Å². The minimum atomic E-state index is -0.473. The summed E-state index contributed by atoms with van der Waals surface area (Å²) >= 11 is 0. The molecule has 0 aliphatic rings. The van der Waals surface area contributed by atoms with Crippen molar-refractivity contribution in [2.24, 2.45) is 5.73 Å². The minimum absolute atomic E-state index is 0.0635. The predicted octanol–water partition coefficient (Wildman–Crippen LogP) is 2.68. The van der Waals surface area contributed by atoms with Gasteiger partial charge in [-0.3, -0.25) is 9.59 Å². The molecular weight excluding hydrogens is 372 g/mol. The molecule has 8 nitrogen and oxygen atoms in total. The van der Waals surface area contributed by atoms with Crippen molar-refractivity contribution >= 4 is 17.5 Å². The molecule has 2 aromatic carbocycles. The number of rotatable bonds is 8. The number of hydrogen-bond donors (Lipinski definition) is 3. The fourth-order valence-corrected chi connectivity index (χ4v) is 2.68. The largest absolute Gasteiger partial charge is 0.496 e. The lowest BCUT2D eigenvalue weighted by molar-refractivity contribution is 0.0948. The molecule has 3 aromatic rings. The summed E-state index contributed by atoms with van der Waals surface area (Å²) in [5.74, 6) is -0.315. The summed E-state index contributed by atoms with van der Waals surface area (Å²) in [5.41, 5.74) is 7.59. The Bertz CT molecular complexity index is 985. The number of nitrogens with zero attached hydrogens (tertiary/aromatic N) is 1. The fraction of sp³-hybridized carbons (Fsp3) is 0.190. The van der Waals surface area contributed by atoms with E-state index in [-0.39, 0.29) is 11.7 Å². The summed E-state index contributed by atoms with van der Waals surface area (Å²) in [6, 6.07) is 15.8. The standard InChI is InChI=1S/C21H22N4O4/c1-28-18-9-8-15(12-16(18)20(26)23-11-5-10-22)24-21(27)19-13-17(25-29-19)14-6-3-2-4-7-14/h2-4,6-9,12-13H,5,10-11,22H2,1H3,(H,23,26)(H,24,27). The highest BCUT2D eigenvalue weighted by molar-refractivity contribution is 6.04. The molecule has 1 aromatic heterocycles. The highest BCUT2D eigenvalue weighted by Gasteiger charge is 2.17. The van der Waals surface area contributed by atoms with Crippen molar-refractivity contribution in [2.75, 3.05) is 25.5 Å². The van der Waals surface area contributed by atoms with Crippen molar-refractivity contribution in [3.63, 3.8) is 0 Å². The van der Waals surface area contributed by atoms with E-state index >= 15 is 0 Å². The number of anilines is 1. The van der Waals surface area contributed by atoms with E-state index in [1.807, 2.05) is 30.3 Å². The van der Waals surface area contributed by atoms with E-state index < -0.39 is 5.91 Å². The zero-order chi connectivity index (χ0) is 20.6. The molecule has 150 valence electrons. The lowest BCUT2D eigenvalue weighted by Gasteiger charge is -2.11. The smallest absolute Gasteiger partial charge is 0.294 e. The van der Waals surface area contributed by atoms with Crippen molar-refractivity contribution in [3.8, 4) is 17.0 Å². The first-order valence-electron chi connectivity index (χ1n) is 9.12. The van der Waals surface area contributed by atoms with E-state index in [0.29, 0.717) is 42.2 Å². The van der Waals surface area contributed by atoms with E-state index in [9.17, 15) is 9.59 Å². The van der Waals surface area contributed by atoms with Crippen molar-refractivity contribution in [1.29, 1.82) is 0 Å². The second-order valence-corrected chi connectivity index (χ2v) is 6.21. The van der Waals surface area contributed by atoms with Crippen LogP contribution >= 0.6 is 0 Å². The molecule has 0 aliphatic heterocycles. The maximum Gasteiger partial charge on any atom is 0.294 e. The molecule has 0 saturated carbocycles. The van der Waals surface area contributed by atoms with Crippen LogP contribution in [0.25, 0.3) is 11.3 Å². The maximum absolute atomic E-state index is 12.5. The summed E-state index contributed by atoms with van der Waals surface area (Å²) in [6.07, 6.45) is 0.666. The molecule has 1 heterocycles. The van der Waals surface area contributed by atoms with Crippen LogP contribution in [0, 0.1) is 0 Å². The van der Waals surface area contributed by atoms with Crippen molar-refractivity contribution in [2.45, 2.75) is 6.42 Å². The molecule has 0 atom stereocenters. The SMILES string of the molecule is COc1ccc(NC(=O)c2cc(-c3ccccc3)no2)cc1C(=O)NCCCN. The number of benzene rings is 2. The number of amides is 2. The molecular formula is C21H22N4O4. The van der Waals surface area contributed by atoms with Gasteiger partial charge >= 0.3 is 0 Å². The number of methoxy groups -OCH3 is 1. The van der Waals surface area contributed by atoms with Gasteiger partial charge in [0.25, 0.3) is 11.8 Å². The number of hydrogen-bond acceptors (Lipinski definition) is 6. The summed E-state index contributed by atoms with van der Waals surface area (Å²) in [4.78, 5) is 24.9. The molecule has 4 N–H and O–H groups in total. The van der Waals surface area contributed by atoms with Gasteiger partial charge in [0.1, 0.15) is 11.4 Å². The third kappa shape index (κ3) is 4.99. The topological polar surface area (TPSA) is 119 Å². The highest BCUT2D eigenvalue weighted by atomic mass is 16.5. The summed E-state index contributed by atoms with van der Waals surface area (Å²) in [5, 5.41) is 9.41. The number of ether oxygens (including phenoxy) is 1. The van der Waals surface area contributed by atoms with Gasteiger partial charge in [0.2, 0.25) is 5.76 Å². The van der Waals surface area contributed by atoms with Gasteiger partial charge in [0, 0.05) is 23.9 Å². The maximum atomic E-state index is 12.5. The highest BCUT2D eigenvalue weighted by Crippen LogP contribution is 2.24. The van der Waals surface area contributed by atoms with Gasteiger partial charge < -0.3 is 25.6 Å². The second-order valence-electron chi connectivity index (χ2n) is 6.21. The van der Waals surface area contributed by atoms with Gasteiger partial charge in [0.15, 0.2) is 0 Å². The van der Waals surface area contributed by atoms with Crippen molar-refractivity contribution in [3.05, 3.63) is 65.9 Å². The van der Waals surface area contributed by atoms with E-state index in [4.69, 9.17) is 15.0 Å². The Labute approximate surface area is 168 Å². The molecule has 0 spiro atoms. The summed E-state index contributed by atoms with van der Waals surface area (Å²) in [7, 11) is 1.48. The van der Waals surface area contributed by atoms with Crippen LogP contribution in [-0.2, 0) is 0 Å². The third-order valence-corrected chi connectivity index (χ3v) is 4.17. The molecule has 3 rings (SSSR count). The van der Waals surface area contributed by atoms with E-state index in [1.165, 1.54) is 7.11 Å². The van der Waals surface area contributed by atoms with Crippen LogP contribution < -0.4 is 21.1 Å². The monoisotopic (exact) mass is 394 g/mol. The van der Waals surface area contributed by atoms with Gasteiger partial charge in [-0.2, -0.15) is 0 Å². The van der Waals surface area contributed by atoms with Crippen LogP contribution in [0.5, 0.6) is 5.75 Å². The first-order chi connectivity index (χ1) is 14.1. The van der Waals surface area contributed by atoms with Gasteiger partial charge in [-0.15, -0.1) is 0 Å². The minimum Gasteiger partial charge on any atom is -0.496 e. The molecule has 0 bridgehead atoms. The lowest BCUT2D eigenvalue weighted by atomic mass is 10.1. The quantitative estimate of drug-likeness (QED) is 0.505. The second kappa shape index (κ2) is 9.52. The first kappa shape index (κ1) is 20.1. The molecule has 0 radical (unpaired) electrons. The van der Waals surface area contributed by atoms with Crippen LogP contribution in [-0.4, -0.2) is 37.2 Å². The lowest BCUT2D eigenvalue weighted by Crippen LogP contribution is -2.26. The average Bonchev–Trinajstić information content (AvgIpc) is 3.25. The normalized spacial score (nSPS) is 10.4. The van der Waals surface area contributed by atoms with Crippen LogP contribution in [0.2, 0.25) is 0 Å². The number of nitrogens with one attached hydrogen (secondary N) is 2. The van der Waals surface area contributed by atoms with Gasteiger partial charge in [-0.05, 0) is 31.2 Å². The van der Waals surface area contributed by atoms with E-state index in [1.54, 1.807) is 24.3 Å². The Kier molecular flexibility index (Phi) is 6.59. The molecule has 2 amide bonds. The molecule has 29 heavy (non-hydrogen) atoms. The average molecular weight is 394 g/mol.